The Morgan fingerprint density at radius 3 is 2.57 bits per heavy atom. The largest absolute Gasteiger partial charge is 0.508 e. The molecule has 1 fully saturated rings. The first-order valence-corrected chi connectivity index (χ1v) is 7.24. The second kappa shape index (κ2) is 6.43. The molecule has 1 aliphatic rings. The van der Waals surface area contributed by atoms with Gasteiger partial charge in [0.2, 0.25) is 0 Å². The van der Waals surface area contributed by atoms with E-state index in [2.05, 4.69) is 10.2 Å². The van der Waals surface area contributed by atoms with Crippen LogP contribution in [-0.2, 0) is 0 Å². The molecular formula is C16H15N3O4. The first-order chi connectivity index (χ1) is 11.1. The van der Waals surface area contributed by atoms with Gasteiger partial charge in [-0.2, -0.15) is 5.11 Å². The molecule has 0 heterocycles. The predicted molar refractivity (Wildman–Crippen MR) is 83.6 cm³/mol. The third kappa shape index (κ3) is 4.03. The highest BCUT2D eigenvalue weighted by atomic mass is 16.6. The zero-order chi connectivity index (χ0) is 16.2. The standard InChI is InChI=1S/C16H15N3O4/c20-13-5-3-12(4-6-13)17-18-15-8-7-14(9-16(15)19(21)22)23-10-11-1-2-11/h3-9,11,20H,1-2,10H2/b18-17+. The molecule has 1 aliphatic carbocycles. The summed E-state index contributed by atoms with van der Waals surface area (Å²) in [5, 5.41) is 28.3. The number of hydrogen-bond donors (Lipinski definition) is 1. The maximum absolute atomic E-state index is 11.2. The lowest BCUT2D eigenvalue weighted by atomic mass is 10.2. The van der Waals surface area contributed by atoms with Crippen LogP contribution < -0.4 is 4.74 Å². The van der Waals surface area contributed by atoms with Gasteiger partial charge in [0, 0.05) is 0 Å². The number of rotatable bonds is 6. The van der Waals surface area contributed by atoms with Crippen molar-refractivity contribution in [1.29, 1.82) is 0 Å². The first kappa shape index (κ1) is 15.0. The van der Waals surface area contributed by atoms with E-state index in [9.17, 15) is 15.2 Å². The fourth-order valence-electron chi connectivity index (χ4n) is 1.95. The number of hydrogen-bond acceptors (Lipinski definition) is 6. The summed E-state index contributed by atoms with van der Waals surface area (Å²) in [4.78, 5) is 10.7. The molecule has 0 bridgehead atoms. The van der Waals surface area contributed by atoms with Crippen LogP contribution in [0.1, 0.15) is 12.8 Å². The van der Waals surface area contributed by atoms with Crippen molar-refractivity contribution in [3.05, 3.63) is 52.6 Å². The van der Waals surface area contributed by atoms with Gasteiger partial charge in [0.15, 0.2) is 5.69 Å². The number of ether oxygens (including phenoxy) is 1. The van der Waals surface area contributed by atoms with Crippen LogP contribution in [-0.4, -0.2) is 16.6 Å². The summed E-state index contributed by atoms with van der Waals surface area (Å²) in [5.41, 5.74) is 0.494. The van der Waals surface area contributed by atoms with E-state index >= 15 is 0 Å². The van der Waals surface area contributed by atoms with Gasteiger partial charge in [-0.15, -0.1) is 5.11 Å². The van der Waals surface area contributed by atoms with Gasteiger partial charge in [-0.3, -0.25) is 10.1 Å². The predicted octanol–water partition coefficient (Wildman–Crippen LogP) is 4.50. The van der Waals surface area contributed by atoms with Crippen LogP contribution in [0.25, 0.3) is 0 Å². The molecule has 0 aliphatic heterocycles. The molecule has 7 nitrogen and oxygen atoms in total. The molecule has 0 unspecified atom stereocenters. The Kier molecular flexibility index (Phi) is 4.18. The van der Waals surface area contributed by atoms with Crippen molar-refractivity contribution < 1.29 is 14.8 Å². The molecule has 0 aromatic heterocycles. The van der Waals surface area contributed by atoms with Crippen molar-refractivity contribution in [2.75, 3.05) is 6.61 Å². The Labute approximate surface area is 132 Å². The topological polar surface area (TPSA) is 97.3 Å². The minimum atomic E-state index is -0.505. The lowest BCUT2D eigenvalue weighted by Crippen LogP contribution is -1.99. The summed E-state index contributed by atoms with van der Waals surface area (Å²) in [6.45, 7) is 0.589. The van der Waals surface area contributed by atoms with Gasteiger partial charge >= 0.3 is 0 Å². The lowest BCUT2D eigenvalue weighted by molar-refractivity contribution is -0.384. The SMILES string of the molecule is O=[N+]([O-])c1cc(OCC2CC2)ccc1/N=N/c1ccc(O)cc1. The van der Waals surface area contributed by atoms with Crippen molar-refractivity contribution in [1.82, 2.24) is 0 Å². The number of nitro benzene ring substituents is 1. The highest BCUT2D eigenvalue weighted by molar-refractivity contribution is 5.60. The molecule has 2 aromatic carbocycles. The van der Waals surface area contributed by atoms with Gasteiger partial charge in [-0.25, -0.2) is 0 Å². The van der Waals surface area contributed by atoms with E-state index in [1.165, 1.54) is 24.3 Å². The molecule has 1 saturated carbocycles. The fraction of sp³-hybridized carbons (Fsp3) is 0.250. The van der Waals surface area contributed by atoms with E-state index in [4.69, 9.17) is 4.74 Å². The fourth-order valence-corrected chi connectivity index (χ4v) is 1.95. The maximum atomic E-state index is 11.2. The van der Waals surface area contributed by atoms with Crippen LogP contribution in [0.4, 0.5) is 17.1 Å². The summed E-state index contributed by atoms with van der Waals surface area (Å²) in [6, 6.07) is 10.6. The van der Waals surface area contributed by atoms with E-state index in [0.717, 1.165) is 12.8 Å². The third-order valence-corrected chi connectivity index (χ3v) is 3.45. The van der Waals surface area contributed by atoms with Crippen LogP contribution in [0.2, 0.25) is 0 Å². The number of azo groups is 1. The van der Waals surface area contributed by atoms with Crippen LogP contribution in [0.3, 0.4) is 0 Å². The van der Waals surface area contributed by atoms with Crippen LogP contribution in [0.5, 0.6) is 11.5 Å². The van der Waals surface area contributed by atoms with Crippen molar-refractivity contribution in [3.63, 3.8) is 0 Å². The monoisotopic (exact) mass is 313 g/mol. The Hall–Kier alpha value is -2.96. The van der Waals surface area contributed by atoms with Gasteiger partial charge in [0.1, 0.15) is 11.5 Å². The molecule has 0 radical (unpaired) electrons. The third-order valence-electron chi connectivity index (χ3n) is 3.45. The summed E-state index contributed by atoms with van der Waals surface area (Å²) in [6.07, 6.45) is 2.31. The molecule has 118 valence electrons. The number of benzene rings is 2. The Morgan fingerprint density at radius 2 is 1.91 bits per heavy atom. The Balaban J connectivity index is 1.79. The van der Waals surface area contributed by atoms with Crippen molar-refractivity contribution in [3.8, 4) is 11.5 Å². The van der Waals surface area contributed by atoms with Gasteiger partial charge in [-0.05, 0) is 55.2 Å². The summed E-state index contributed by atoms with van der Waals surface area (Å²) in [5.74, 6) is 1.15. The summed E-state index contributed by atoms with van der Waals surface area (Å²) < 4.78 is 5.55. The van der Waals surface area contributed by atoms with Gasteiger partial charge in [-0.1, -0.05) is 0 Å². The molecule has 0 amide bonds. The molecule has 3 rings (SSSR count). The molecular weight excluding hydrogens is 298 g/mol. The van der Waals surface area contributed by atoms with E-state index in [-0.39, 0.29) is 17.1 Å². The first-order valence-electron chi connectivity index (χ1n) is 7.24. The molecule has 2 aromatic rings. The highest BCUT2D eigenvalue weighted by Crippen LogP contribution is 2.34. The number of nitro groups is 1. The van der Waals surface area contributed by atoms with E-state index in [0.29, 0.717) is 24.0 Å². The zero-order valence-electron chi connectivity index (χ0n) is 12.3. The van der Waals surface area contributed by atoms with Crippen molar-refractivity contribution in [2.24, 2.45) is 16.1 Å². The molecule has 23 heavy (non-hydrogen) atoms. The van der Waals surface area contributed by atoms with E-state index in [1.807, 2.05) is 0 Å². The minimum Gasteiger partial charge on any atom is -0.508 e. The summed E-state index contributed by atoms with van der Waals surface area (Å²) in [7, 11) is 0. The van der Waals surface area contributed by atoms with Gasteiger partial charge in [0.25, 0.3) is 5.69 Å². The number of phenolic OH excluding ortho intramolecular Hbond substituents is 1. The van der Waals surface area contributed by atoms with Crippen molar-refractivity contribution >= 4 is 17.1 Å². The van der Waals surface area contributed by atoms with Gasteiger partial charge < -0.3 is 9.84 Å². The smallest absolute Gasteiger partial charge is 0.300 e. The highest BCUT2D eigenvalue weighted by Gasteiger charge is 2.22. The molecule has 0 saturated heterocycles. The lowest BCUT2D eigenvalue weighted by Gasteiger charge is -2.05. The van der Waals surface area contributed by atoms with E-state index in [1.54, 1.807) is 18.2 Å². The number of aromatic hydroxyl groups is 1. The number of phenols is 1. The average Bonchev–Trinajstić information content (AvgIpc) is 3.37. The second-order valence-electron chi connectivity index (χ2n) is 5.38. The molecule has 0 atom stereocenters. The van der Waals surface area contributed by atoms with Crippen LogP contribution in [0.15, 0.2) is 52.7 Å². The Morgan fingerprint density at radius 1 is 1.17 bits per heavy atom. The molecule has 1 N–H and O–H groups in total. The quantitative estimate of drug-likeness (QED) is 0.482. The summed E-state index contributed by atoms with van der Waals surface area (Å²) >= 11 is 0. The second-order valence-corrected chi connectivity index (χ2v) is 5.38. The van der Waals surface area contributed by atoms with Gasteiger partial charge in [0.05, 0.1) is 23.3 Å². The normalized spacial score (nSPS) is 14.1. The van der Waals surface area contributed by atoms with E-state index < -0.39 is 4.92 Å². The average molecular weight is 313 g/mol. The molecule has 7 heteroatoms. The maximum Gasteiger partial charge on any atom is 0.300 e. The minimum absolute atomic E-state index is 0.118. The zero-order valence-corrected chi connectivity index (χ0v) is 12.3. The van der Waals surface area contributed by atoms with Crippen LogP contribution >= 0.6 is 0 Å². The van der Waals surface area contributed by atoms with Crippen LogP contribution in [0, 0.1) is 16.0 Å². The van der Waals surface area contributed by atoms with Crippen molar-refractivity contribution in [2.45, 2.75) is 12.8 Å². The Bertz CT molecular complexity index is 739. The number of nitrogens with zero attached hydrogens (tertiary/aromatic N) is 3. The molecule has 0 spiro atoms.